The Morgan fingerprint density at radius 3 is 2.69 bits per heavy atom. The molecule has 0 saturated carbocycles. The van der Waals surface area contributed by atoms with Gasteiger partial charge < -0.3 is 4.57 Å². The first kappa shape index (κ1) is 10.6. The highest BCUT2D eigenvalue weighted by Crippen LogP contribution is 2.12. The molecule has 84 valence electrons. The topological polar surface area (TPSA) is 52.7 Å². The summed E-state index contributed by atoms with van der Waals surface area (Å²) in [6.07, 6.45) is 4.41. The maximum Gasteiger partial charge on any atom is 0.153 e. The van der Waals surface area contributed by atoms with Gasteiger partial charge in [-0.05, 0) is 13.8 Å². The Balaban J connectivity index is 2.36. The number of carbonyl (C=O) groups excluding carboxylic acids is 1. The number of rotatable bonds is 3. The predicted molar refractivity (Wildman–Crippen MR) is 59.4 cm³/mol. The molecule has 0 fully saturated rings. The Labute approximate surface area is 93.7 Å². The van der Waals surface area contributed by atoms with Crippen LogP contribution in [0.15, 0.2) is 12.5 Å². The normalized spacial score (nSPS) is 10.7. The van der Waals surface area contributed by atoms with Gasteiger partial charge in [-0.3, -0.25) is 9.48 Å². The molecule has 0 unspecified atom stereocenters. The van der Waals surface area contributed by atoms with Crippen molar-refractivity contribution in [3.63, 3.8) is 0 Å². The molecule has 0 aromatic carbocycles. The van der Waals surface area contributed by atoms with Crippen LogP contribution in [0.1, 0.15) is 27.4 Å². The zero-order valence-corrected chi connectivity index (χ0v) is 9.64. The van der Waals surface area contributed by atoms with Gasteiger partial charge in [0, 0.05) is 12.7 Å². The van der Waals surface area contributed by atoms with E-state index in [0.717, 1.165) is 23.4 Å². The highest BCUT2D eigenvalue weighted by Gasteiger charge is 2.11. The molecule has 0 bridgehead atoms. The second kappa shape index (κ2) is 3.92. The third-order valence-corrected chi connectivity index (χ3v) is 2.78. The summed E-state index contributed by atoms with van der Waals surface area (Å²) in [5.74, 6) is 0. The number of imidazole rings is 1. The summed E-state index contributed by atoms with van der Waals surface area (Å²) in [6.45, 7) is 4.38. The summed E-state index contributed by atoms with van der Waals surface area (Å²) >= 11 is 0. The number of carbonyl (C=O) groups is 1. The fraction of sp³-hybridized carbons (Fsp3) is 0.364. The molecule has 0 aliphatic carbocycles. The first-order chi connectivity index (χ1) is 7.63. The molecule has 5 heteroatoms. The summed E-state index contributed by atoms with van der Waals surface area (Å²) < 4.78 is 3.77. The maximum absolute atomic E-state index is 10.9. The van der Waals surface area contributed by atoms with Crippen LogP contribution in [-0.2, 0) is 13.6 Å². The molecule has 0 saturated heterocycles. The molecule has 0 aliphatic heterocycles. The molecule has 16 heavy (non-hydrogen) atoms. The van der Waals surface area contributed by atoms with Gasteiger partial charge in [0.1, 0.15) is 0 Å². The SMILES string of the molecule is Cc1nn(Cc2cncn2C)c(C)c1C=O. The molecule has 0 aliphatic rings. The molecule has 2 aromatic rings. The van der Waals surface area contributed by atoms with Gasteiger partial charge in [0.05, 0.1) is 36.0 Å². The largest absolute Gasteiger partial charge is 0.336 e. The van der Waals surface area contributed by atoms with Gasteiger partial charge in [-0.2, -0.15) is 5.10 Å². The van der Waals surface area contributed by atoms with E-state index in [1.54, 1.807) is 12.5 Å². The van der Waals surface area contributed by atoms with Crippen LogP contribution >= 0.6 is 0 Å². The van der Waals surface area contributed by atoms with Crippen LogP contribution in [0, 0.1) is 13.8 Å². The number of hydrogen-bond donors (Lipinski definition) is 0. The Morgan fingerprint density at radius 1 is 1.44 bits per heavy atom. The minimum Gasteiger partial charge on any atom is -0.336 e. The molecule has 0 atom stereocenters. The van der Waals surface area contributed by atoms with Crippen molar-refractivity contribution in [1.82, 2.24) is 19.3 Å². The van der Waals surface area contributed by atoms with Gasteiger partial charge in [0.15, 0.2) is 6.29 Å². The van der Waals surface area contributed by atoms with Crippen molar-refractivity contribution in [3.05, 3.63) is 35.2 Å². The van der Waals surface area contributed by atoms with E-state index >= 15 is 0 Å². The van der Waals surface area contributed by atoms with E-state index in [0.29, 0.717) is 12.1 Å². The van der Waals surface area contributed by atoms with Crippen molar-refractivity contribution in [2.24, 2.45) is 7.05 Å². The Bertz CT molecular complexity index is 524. The van der Waals surface area contributed by atoms with E-state index in [2.05, 4.69) is 10.1 Å². The Kier molecular flexibility index (Phi) is 2.60. The first-order valence-electron chi connectivity index (χ1n) is 5.08. The van der Waals surface area contributed by atoms with E-state index in [4.69, 9.17) is 0 Å². The van der Waals surface area contributed by atoms with Crippen LogP contribution in [0.3, 0.4) is 0 Å². The molecule has 0 radical (unpaired) electrons. The van der Waals surface area contributed by atoms with E-state index in [1.165, 1.54) is 0 Å². The molecule has 0 amide bonds. The van der Waals surface area contributed by atoms with Crippen LogP contribution < -0.4 is 0 Å². The van der Waals surface area contributed by atoms with E-state index < -0.39 is 0 Å². The lowest BCUT2D eigenvalue weighted by atomic mass is 10.2. The monoisotopic (exact) mass is 218 g/mol. The van der Waals surface area contributed by atoms with Crippen molar-refractivity contribution in [2.75, 3.05) is 0 Å². The predicted octanol–water partition coefficient (Wildman–Crippen LogP) is 1.09. The number of hydrogen-bond acceptors (Lipinski definition) is 3. The van der Waals surface area contributed by atoms with Crippen molar-refractivity contribution in [2.45, 2.75) is 20.4 Å². The summed E-state index contributed by atoms with van der Waals surface area (Å²) in [6, 6.07) is 0. The summed E-state index contributed by atoms with van der Waals surface area (Å²) in [4.78, 5) is 14.9. The highest BCUT2D eigenvalue weighted by atomic mass is 16.1. The van der Waals surface area contributed by atoms with Crippen LogP contribution in [-0.4, -0.2) is 25.6 Å². The lowest BCUT2D eigenvalue weighted by molar-refractivity contribution is 0.112. The van der Waals surface area contributed by atoms with Gasteiger partial charge in [0.2, 0.25) is 0 Å². The Hall–Kier alpha value is -1.91. The van der Waals surface area contributed by atoms with E-state index in [1.807, 2.05) is 30.1 Å². The first-order valence-corrected chi connectivity index (χ1v) is 5.08. The summed E-state index contributed by atoms with van der Waals surface area (Å²) in [7, 11) is 1.94. The smallest absolute Gasteiger partial charge is 0.153 e. The van der Waals surface area contributed by atoms with Crippen LogP contribution in [0.5, 0.6) is 0 Å². The Morgan fingerprint density at radius 2 is 2.19 bits per heavy atom. The van der Waals surface area contributed by atoms with Crippen molar-refractivity contribution >= 4 is 6.29 Å². The third kappa shape index (κ3) is 1.64. The fourth-order valence-corrected chi connectivity index (χ4v) is 1.73. The standard InChI is InChI=1S/C11H14N4O/c1-8-11(6-16)9(2)15(13-8)5-10-4-12-7-14(10)3/h4,6-7H,5H2,1-3H3. The minimum atomic E-state index is 0.636. The van der Waals surface area contributed by atoms with Crippen molar-refractivity contribution < 1.29 is 4.79 Å². The van der Waals surface area contributed by atoms with Crippen LogP contribution in [0.2, 0.25) is 0 Å². The van der Waals surface area contributed by atoms with Gasteiger partial charge in [-0.1, -0.05) is 0 Å². The summed E-state index contributed by atoms with van der Waals surface area (Å²) in [5, 5.41) is 4.34. The molecule has 0 spiro atoms. The average Bonchev–Trinajstić information content (AvgIpc) is 2.74. The maximum atomic E-state index is 10.9. The lowest BCUT2D eigenvalue weighted by Crippen LogP contribution is -2.07. The highest BCUT2D eigenvalue weighted by molar-refractivity contribution is 5.78. The van der Waals surface area contributed by atoms with Gasteiger partial charge >= 0.3 is 0 Å². The zero-order chi connectivity index (χ0) is 11.7. The van der Waals surface area contributed by atoms with Gasteiger partial charge in [0.25, 0.3) is 0 Å². The van der Waals surface area contributed by atoms with E-state index in [-0.39, 0.29) is 0 Å². The zero-order valence-electron chi connectivity index (χ0n) is 9.64. The van der Waals surface area contributed by atoms with Crippen molar-refractivity contribution in [3.8, 4) is 0 Å². The minimum absolute atomic E-state index is 0.636. The molecular formula is C11H14N4O. The average molecular weight is 218 g/mol. The number of aromatic nitrogens is 4. The van der Waals surface area contributed by atoms with Gasteiger partial charge in [-0.15, -0.1) is 0 Å². The molecule has 2 rings (SSSR count). The quantitative estimate of drug-likeness (QED) is 0.725. The van der Waals surface area contributed by atoms with Crippen LogP contribution in [0.25, 0.3) is 0 Å². The molecule has 5 nitrogen and oxygen atoms in total. The lowest BCUT2D eigenvalue weighted by Gasteiger charge is -2.04. The molecule has 2 heterocycles. The van der Waals surface area contributed by atoms with Crippen LogP contribution in [0.4, 0.5) is 0 Å². The third-order valence-electron chi connectivity index (χ3n) is 2.78. The molecule has 2 aromatic heterocycles. The van der Waals surface area contributed by atoms with Crippen molar-refractivity contribution in [1.29, 1.82) is 0 Å². The van der Waals surface area contributed by atoms with E-state index in [9.17, 15) is 4.79 Å². The number of aryl methyl sites for hydroxylation is 2. The van der Waals surface area contributed by atoms with Gasteiger partial charge in [-0.25, -0.2) is 4.98 Å². The molecular weight excluding hydrogens is 204 g/mol. The number of nitrogens with zero attached hydrogens (tertiary/aromatic N) is 4. The number of aldehydes is 1. The molecule has 0 N–H and O–H groups in total. The fourth-order valence-electron chi connectivity index (χ4n) is 1.73. The summed E-state index contributed by atoms with van der Waals surface area (Å²) in [5.41, 5.74) is 3.41. The second-order valence-corrected chi connectivity index (χ2v) is 3.86. The second-order valence-electron chi connectivity index (χ2n) is 3.86.